The van der Waals surface area contributed by atoms with Gasteiger partial charge in [0.2, 0.25) is 0 Å². The number of allylic oxidation sites excluding steroid dienone is 3. The van der Waals surface area contributed by atoms with Crippen LogP contribution in [0.4, 0.5) is 0 Å². The van der Waals surface area contributed by atoms with Gasteiger partial charge in [0.05, 0.1) is 23.7 Å². The summed E-state index contributed by atoms with van der Waals surface area (Å²) in [6.45, 7) is 9.69. The van der Waals surface area contributed by atoms with Crippen LogP contribution >= 0.6 is 0 Å². The molecule has 0 aromatic rings. The fourth-order valence-corrected chi connectivity index (χ4v) is 3.16. The first-order valence-electron chi connectivity index (χ1n) is 8.21. The largest absolute Gasteiger partial charge is 0.386 e. The van der Waals surface area contributed by atoms with E-state index in [9.17, 15) is 10.1 Å². The van der Waals surface area contributed by atoms with Crippen molar-refractivity contribution in [3.63, 3.8) is 0 Å². The SMILES string of the molecule is C=CC1=C(N=C)CCN(C(=O)C=NC2=C(NC)C(C)=CCC2)C1C#N. The molecule has 1 atom stereocenters. The van der Waals surface area contributed by atoms with Crippen LogP contribution in [0.3, 0.4) is 0 Å². The third-order valence-corrected chi connectivity index (χ3v) is 4.44. The molecule has 25 heavy (non-hydrogen) atoms. The van der Waals surface area contributed by atoms with Crippen LogP contribution in [-0.4, -0.2) is 43.4 Å². The van der Waals surface area contributed by atoms with Gasteiger partial charge in [0, 0.05) is 31.3 Å². The first kappa shape index (κ1) is 18.4. The van der Waals surface area contributed by atoms with Gasteiger partial charge in [0.15, 0.2) is 0 Å². The minimum Gasteiger partial charge on any atom is -0.386 e. The summed E-state index contributed by atoms with van der Waals surface area (Å²) in [5.74, 6) is -0.288. The van der Waals surface area contributed by atoms with Crippen molar-refractivity contribution in [2.45, 2.75) is 32.2 Å². The molecule has 0 fully saturated rings. The molecule has 0 aromatic heterocycles. The van der Waals surface area contributed by atoms with E-state index in [4.69, 9.17) is 0 Å². The monoisotopic (exact) mass is 337 g/mol. The van der Waals surface area contributed by atoms with Crippen LogP contribution in [0.2, 0.25) is 0 Å². The van der Waals surface area contributed by atoms with Crippen molar-refractivity contribution in [2.75, 3.05) is 13.6 Å². The lowest BCUT2D eigenvalue weighted by Crippen LogP contribution is -2.44. The van der Waals surface area contributed by atoms with Crippen molar-refractivity contribution in [2.24, 2.45) is 9.98 Å². The van der Waals surface area contributed by atoms with Crippen LogP contribution in [0.25, 0.3) is 0 Å². The molecule has 1 unspecified atom stereocenters. The average molecular weight is 337 g/mol. The summed E-state index contributed by atoms with van der Waals surface area (Å²) in [5, 5.41) is 12.6. The van der Waals surface area contributed by atoms with Crippen molar-refractivity contribution < 1.29 is 4.79 Å². The number of carbonyl (C=O) groups excluding carboxylic acids is 1. The lowest BCUT2D eigenvalue weighted by atomic mass is 9.98. The van der Waals surface area contributed by atoms with Crippen LogP contribution in [0.15, 0.2) is 57.0 Å². The zero-order valence-corrected chi connectivity index (χ0v) is 14.7. The Bertz CT molecular complexity index is 748. The molecule has 1 N–H and O–H groups in total. The van der Waals surface area contributed by atoms with Crippen LogP contribution in [0.5, 0.6) is 0 Å². The molecule has 6 nitrogen and oxygen atoms in total. The molecule has 0 radical (unpaired) electrons. The van der Waals surface area contributed by atoms with E-state index < -0.39 is 6.04 Å². The Morgan fingerprint density at radius 1 is 1.48 bits per heavy atom. The summed E-state index contributed by atoms with van der Waals surface area (Å²) < 4.78 is 0. The Morgan fingerprint density at radius 2 is 2.24 bits per heavy atom. The molecule has 1 aliphatic heterocycles. The van der Waals surface area contributed by atoms with Gasteiger partial charge in [-0.1, -0.05) is 18.7 Å². The fourth-order valence-electron chi connectivity index (χ4n) is 3.16. The average Bonchev–Trinajstić information content (AvgIpc) is 2.64. The normalized spacial score (nSPS) is 21.1. The Balaban J connectivity index is 2.25. The molecular formula is C19H23N5O. The van der Waals surface area contributed by atoms with Crippen molar-refractivity contribution in [3.05, 3.63) is 47.0 Å². The zero-order valence-electron chi connectivity index (χ0n) is 14.7. The summed E-state index contributed by atoms with van der Waals surface area (Å²) in [5.41, 5.74) is 4.29. The lowest BCUT2D eigenvalue weighted by molar-refractivity contribution is -0.124. The standard InChI is InChI=1S/C19H23N5O/c1-5-14-15(21-3)9-10-24(17(14)11-20)18(25)12-23-16-8-6-7-13(2)19(16)22-4/h5,7,12,17,22H,1,3,6,8-10H2,2,4H3. The molecule has 0 spiro atoms. The van der Waals surface area contributed by atoms with Crippen molar-refractivity contribution in [3.8, 4) is 6.07 Å². The topological polar surface area (TPSA) is 80.8 Å². The van der Waals surface area contributed by atoms with Gasteiger partial charge >= 0.3 is 0 Å². The predicted molar refractivity (Wildman–Crippen MR) is 100 cm³/mol. The Morgan fingerprint density at radius 3 is 2.84 bits per heavy atom. The summed E-state index contributed by atoms with van der Waals surface area (Å²) in [6.07, 6.45) is 7.26. The number of nitriles is 1. The van der Waals surface area contributed by atoms with E-state index in [0.29, 0.717) is 18.5 Å². The van der Waals surface area contributed by atoms with Crippen molar-refractivity contribution in [1.29, 1.82) is 5.26 Å². The van der Waals surface area contributed by atoms with E-state index in [-0.39, 0.29) is 5.91 Å². The van der Waals surface area contributed by atoms with Gasteiger partial charge in [0.25, 0.3) is 5.91 Å². The Hall–Kier alpha value is -2.94. The van der Waals surface area contributed by atoms with Crippen molar-refractivity contribution >= 4 is 18.8 Å². The third-order valence-electron chi connectivity index (χ3n) is 4.44. The summed E-state index contributed by atoms with van der Waals surface area (Å²) in [4.78, 5) is 22.5. The fraction of sp³-hybridized carbons (Fsp3) is 0.368. The van der Waals surface area contributed by atoms with Gasteiger partial charge in [-0.25, -0.2) is 0 Å². The molecule has 1 heterocycles. The molecule has 1 amide bonds. The number of hydrogen-bond acceptors (Lipinski definition) is 5. The van der Waals surface area contributed by atoms with Crippen LogP contribution in [0.1, 0.15) is 26.2 Å². The third kappa shape index (κ3) is 3.77. The van der Waals surface area contributed by atoms with Gasteiger partial charge < -0.3 is 10.2 Å². The van der Waals surface area contributed by atoms with Gasteiger partial charge in [-0.3, -0.25) is 14.8 Å². The molecule has 6 heteroatoms. The van der Waals surface area contributed by atoms with E-state index in [1.54, 1.807) is 6.08 Å². The molecule has 0 saturated heterocycles. The molecule has 0 saturated carbocycles. The molecule has 2 rings (SSSR count). The highest BCUT2D eigenvalue weighted by molar-refractivity contribution is 6.26. The predicted octanol–water partition coefficient (Wildman–Crippen LogP) is 2.49. The highest BCUT2D eigenvalue weighted by Crippen LogP contribution is 2.26. The van der Waals surface area contributed by atoms with Gasteiger partial charge in [0.1, 0.15) is 6.04 Å². The van der Waals surface area contributed by atoms with Gasteiger partial charge in [-0.2, -0.15) is 5.26 Å². The molecular weight excluding hydrogens is 314 g/mol. The smallest absolute Gasteiger partial charge is 0.266 e. The summed E-state index contributed by atoms with van der Waals surface area (Å²) in [7, 11) is 1.84. The minimum atomic E-state index is -0.712. The second-order valence-corrected chi connectivity index (χ2v) is 5.83. The summed E-state index contributed by atoms with van der Waals surface area (Å²) in [6, 6.07) is 1.45. The number of hydrogen-bond donors (Lipinski definition) is 1. The number of aliphatic imine (C=N–C) groups is 2. The van der Waals surface area contributed by atoms with Crippen LogP contribution in [0, 0.1) is 11.3 Å². The number of amides is 1. The lowest BCUT2D eigenvalue weighted by Gasteiger charge is -2.32. The van der Waals surface area contributed by atoms with E-state index >= 15 is 0 Å². The number of carbonyl (C=O) groups is 1. The second-order valence-electron chi connectivity index (χ2n) is 5.83. The molecule has 2 aliphatic rings. The van der Waals surface area contributed by atoms with E-state index in [0.717, 1.165) is 35.5 Å². The Labute approximate surface area is 148 Å². The van der Waals surface area contributed by atoms with Crippen LogP contribution in [-0.2, 0) is 4.79 Å². The molecule has 0 bridgehead atoms. The maximum absolute atomic E-state index is 12.6. The van der Waals surface area contributed by atoms with E-state index in [2.05, 4.69) is 40.7 Å². The quantitative estimate of drug-likeness (QED) is 0.783. The highest BCUT2D eigenvalue weighted by Gasteiger charge is 2.30. The van der Waals surface area contributed by atoms with Gasteiger partial charge in [-0.05, 0) is 32.1 Å². The Kier molecular flexibility index (Phi) is 6.07. The second kappa shape index (κ2) is 8.25. The number of nitrogens with zero attached hydrogens (tertiary/aromatic N) is 4. The number of likely N-dealkylation sites (N-methyl/N-ethyl adjacent to an activating group) is 1. The minimum absolute atomic E-state index is 0.288. The maximum atomic E-state index is 12.6. The first-order chi connectivity index (χ1) is 12.1. The zero-order chi connectivity index (χ0) is 18.4. The number of rotatable bonds is 5. The summed E-state index contributed by atoms with van der Waals surface area (Å²) >= 11 is 0. The molecule has 1 aliphatic carbocycles. The van der Waals surface area contributed by atoms with E-state index in [1.165, 1.54) is 11.1 Å². The highest BCUT2D eigenvalue weighted by atomic mass is 16.2. The van der Waals surface area contributed by atoms with Gasteiger partial charge in [-0.15, -0.1) is 0 Å². The number of nitrogens with one attached hydrogen (secondary N) is 1. The maximum Gasteiger partial charge on any atom is 0.266 e. The van der Waals surface area contributed by atoms with Crippen LogP contribution < -0.4 is 5.32 Å². The molecule has 0 aromatic carbocycles. The first-order valence-corrected chi connectivity index (χ1v) is 8.21. The van der Waals surface area contributed by atoms with Crippen molar-refractivity contribution in [1.82, 2.24) is 10.2 Å². The van der Waals surface area contributed by atoms with E-state index in [1.807, 2.05) is 14.0 Å². The molecule has 130 valence electrons.